The Morgan fingerprint density at radius 1 is 1.35 bits per heavy atom. The van der Waals surface area contributed by atoms with E-state index in [4.69, 9.17) is 25.5 Å². The highest BCUT2D eigenvalue weighted by Crippen LogP contribution is 2.21. The van der Waals surface area contributed by atoms with Gasteiger partial charge in [0, 0.05) is 36.7 Å². The van der Waals surface area contributed by atoms with E-state index in [1.54, 1.807) is 0 Å². The number of oxazole rings is 1. The molecule has 2 N–H and O–H groups in total. The van der Waals surface area contributed by atoms with Gasteiger partial charge < -0.3 is 24.5 Å². The third-order valence-electron chi connectivity index (χ3n) is 4.27. The van der Waals surface area contributed by atoms with Crippen molar-refractivity contribution in [2.75, 3.05) is 26.4 Å². The van der Waals surface area contributed by atoms with Gasteiger partial charge in [0.2, 0.25) is 11.7 Å². The number of rotatable bonds is 9. The van der Waals surface area contributed by atoms with E-state index in [0.717, 1.165) is 11.6 Å². The minimum absolute atomic E-state index is 0.0282. The molecular weight excluding hydrogens is 429 g/mol. The Bertz CT molecular complexity index is 1000. The predicted octanol–water partition coefficient (Wildman–Crippen LogP) is 3.10. The van der Waals surface area contributed by atoms with E-state index in [-0.39, 0.29) is 29.7 Å². The fourth-order valence-corrected chi connectivity index (χ4v) is 2.77. The maximum atomic E-state index is 13.3. The molecule has 0 bridgehead atoms. The van der Waals surface area contributed by atoms with E-state index in [1.807, 2.05) is 6.08 Å². The molecule has 1 aromatic carbocycles. The van der Waals surface area contributed by atoms with Crippen LogP contribution in [0.3, 0.4) is 0 Å². The first-order chi connectivity index (χ1) is 14.9. The van der Waals surface area contributed by atoms with Gasteiger partial charge in [0.05, 0.1) is 24.4 Å². The molecule has 1 aliphatic heterocycles. The normalized spacial score (nSPS) is 13.3. The molecule has 3 rings (SSSR count). The van der Waals surface area contributed by atoms with Crippen molar-refractivity contribution >= 4 is 29.0 Å². The number of carbonyl (C=O) groups excluding carboxylic acids is 2. The van der Waals surface area contributed by atoms with Crippen molar-refractivity contribution in [2.24, 2.45) is 0 Å². The highest BCUT2D eigenvalue weighted by molar-refractivity contribution is 6.30. The highest BCUT2D eigenvalue weighted by Gasteiger charge is 2.17. The summed E-state index contributed by atoms with van der Waals surface area (Å²) in [6, 6.07) is 3.90. The van der Waals surface area contributed by atoms with Crippen molar-refractivity contribution < 1.29 is 27.9 Å². The van der Waals surface area contributed by atoms with Gasteiger partial charge in [-0.05, 0) is 12.1 Å². The number of nitrogens with one attached hydrogen (secondary N) is 2. The Morgan fingerprint density at radius 2 is 2.19 bits per heavy atom. The van der Waals surface area contributed by atoms with Gasteiger partial charge in [0.25, 0.3) is 11.8 Å². The summed E-state index contributed by atoms with van der Waals surface area (Å²) >= 11 is 5.59. The zero-order chi connectivity index (χ0) is 22.2. The zero-order valence-electron chi connectivity index (χ0n) is 16.6. The molecule has 164 valence electrons. The molecule has 0 radical (unpaired) electrons. The van der Waals surface area contributed by atoms with Crippen LogP contribution in [0.25, 0.3) is 5.57 Å². The smallest absolute Gasteiger partial charge is 0.292 e. The first kappa shape index (κ1) is 22.5. The van der Waals surface area contributed by atoms with Crippen LogP contribution >= 0.6 is 11.6 Å². The van der Waals surface area contributed by atoms with E-state index in [2.05, 4.69) is 22.2 Å². The van der Waals surface area contributed by atoms with Crippen LogP contribution in [0.15, 0.2) is 47.2 Å². The quantitative estimate of drug-likeness (QED) is 0.609. The van der Waals surface area contributed by atoms with Crippen LogP contribution < -0.4 is 15.4 Å². The van der Waals surface area contributed by atoms with E-state index < -0.39 is 17.6 Å². The third kappa shape index (κ3) is 6.66. The first-order valence-corrected chi connectivity index (χ1v) is 9.87. The lowest BCUT2D eigenvalue weighted by Gasteiger charge is -2.10. The highest BCUT2D eigenvalue weighted by atomic mass is 35.5. The summed E-state index contributed by atoms with van der Waals surface area (Å²) in [5.41, 5.74) is 1.30. The summed E-state index contributed by atoms with van der Waals surface area (Å²) in [7, 11) is 0. The summed E-state index contributed by atoms with van der Waals surface area (Å²) in [6.45, 7) is 4.78. The molecule has 2 heterocycles. The van der Waals surface area contributed by atoms with Crippen LogP contribution in [0.4, 0.5) is 4.39 Å². The summed E-state index contributed by atoms with van der Waals surface area (Å²) < 4.78 is 29.3. The number of halogens is 2. The van der Waals surface area contributed by atoms with Crippen LogP contribution in [-0.4, -0.2) is 43.2 Å². The van der Waals surface area contributed by atoms with Gasteiger partial charge in [-0.15, -0.1) is 0 Å². The third-order valence-corrected chi connectivity index (χ3v) is 4.57. The maximum absolute atomic E-state index is 13.3. The molecule has 0 unspecified atom stereocenters. The summed E-state index contributed by atoms with van der Waals surface area (Å²) in [5.74, 6) is -0.857. The minimum Gasteiger partial charge on any atom is -0.484 e. The van der Waals surface area contributed by atoms with E-state index in [9.17, 15) is 14.0 Å². The minimum atomic E-state index is -0.630. The van der Waals surface area contributed by atoms with E-state index in [1.165, 1.54) is 18.3 Å². The average Bonchev–Trinajstić information content (AvgIpc) is 3.26. The molecule has 1 aliphatic rings. The second-order valence-corrected chi connectivity index (χ2v) is 7.01. The topological polar surface area (TPSA) is 103 Å². The Kier molecular flexibility index (Phi) is 7.80. The lowest BCUT2D eigenvalue weighted by atomic mass is 10.1. The number of nitrogens with zero attached hydrogens (tertiary/aromatic N) is 1. The second-order valence-electron chi connectivity index (χ2n) is 6.61. The molecule has 31 heavy (non-hydrogen) atoms. The number of aromatic nitrogens is 1. The van der Waals surface area contributed by atoms with Crippen molar-refractivity contribution in [1.29, 1.82) is 0 Å². The monoisotopic (exact) mass is 449 g/mol. The van der Waals surface area contributed by atoms with Crippen molar-refractivity contribution in [1.82, 2.24) is 15.6 Å². The molecule has 0 saturated heterocycles. The maximum Gasteiger partial charge on any atom is 0.292 e. The summed E-state index contributed by atoms with van der Waals surface area (Å²) in [5, 5.41) is 5.20. The Hall–Kier alpha value is -3.17. The molecule has 0 spiro atoms. The van der Waals surface area contributed by atoms with Crippen LogP contribution in [0, 0.1) is 5.82 Å². The van der Waals surface area contributed by atoms with Gasteiger partial charge in [-0.3, -0.25) is 9.59 Å². The number of ether oxygens (including phenoxy) is 2. The Morgan fingerprint density at radius 3 is 2.94 bits per heavy atom. The molecule has 0 fully saturated rings. The first-order valence-electron chi connectivity index (χ1n) is 9.49. The molecule has 2 aromatic rings. The number of benzene rings is 1. The van der Waals surface area contributed by atoms with Gasteiger partial charge in [-0.1, -0.05) is 24.3 Å². The number of hydrogen-bond acceptors (Lipinski definition) is 6. The molecule has 8 nitrogen and oxygen atoms in total. The zero-order valence-corrected chi connectivity index (χ0v) is 17.3. The molecule has 2 amide bonds. The number of amides is 2. The van der Waals surface area contributed by atoms with Crippen molar-refractivity contribution in [3.8, 4) is 5.75 Å². The fraction of sp³-hybridized carbons (Fsp3) is 0.286. The van der Waals surface area contributed by atoms with Gasteiger partial charge in [0.15, 0.2) is 6.61 Å². The van der Waals surface area contributed by atoms with Crippen molar-refractivity contribution in [3.63, 3.8) is 0 Å². The van der Waals surface area contributed by atoms with Crippen molar-refractivity contribution in [2.45, 2.75) is 12.8 Å². The van der Waals surface area contributed by atoms with Crippen LogP contribution in [-0.2, 0) is 9.53 Å². The van der Waals surface area contributed by atoms with Gasteiger partial charge in [-0.25, -0.2) is 9.37 Å². The molecule has 0 saturated carbocycles. The van der Waals surface area contributed by atoms with Crippen LogP contribution in [0.2, 0.25) is 5.02 Å². The molecule has 0 atom stereocenters. The van der Waals surface area contributed by atoms with Crippen LogP contribution in [0.5, 0.6) is 5.75 Å². The Balaban J connectivity index is 1.37. The number of hydrogen-bond donors (Lipinski definition) is 2. The second kappa shape index (κ2) is 10.7. The van der Waals surface area contributed by atoms with Gasteiger partial charge >= 0.3 is 0 Å². The van der Waals surface area contributed by atoms with E-state index >= 15 is 0 Å². The largest absolute Gasteiger partial charge is 0.484 e. The van der Waals surface area contributed by atoms with Crippen molar-refractivity contribution in [3.05, 3.63) is 65.2 Å². The standard InChI is InChI=1S/C21H21ClFN3O5/c1-13(4-7-24-19(27)12-30-15-2-3-16(22)17(23)10-15)26-20(28)18-11-25-21(31-18)14-5-8-29-9-6-14/h2-3,5,10-11H,1,4,6-9,12H2,(H,24,27)(H,26,28). The predicted molar refractivity (Wildman–Crippen MR) is 111 cm³/mol. The fourth-order valence-electron chi connectivity index (χ4n) is 2.65. The average molecular weight is 450 g/mol. The van der Waals surface area contributed by atoms with Gasteiger partial charge in [0.1, 0.15) is 11.6 Å². The molecule has 10 heteroatoms. The lowest BCUT2D eigenvalue weighted by Crippen LogP contribution is -2.31. The summed E-state index contributed by atoms with van der Waals surface area (Å²) in [6.07, 6.45) is 4.19. The van der Waals surface area contributed by atoms with Crippen LogP contribution in [0.1, 0.15) is 29.3 Å². The lowest BCUT2D eigenvalue weighted by molar-refractivity contribution is -0.123. The molecule has 1 aromatic heterocycles. The van der Waals surface area contributed by atoms with Gasteiger partial charge in [-0.2, -0.15) is 0 Å². The van der Waals surface area contributed by atoms with E-state index in [0.29, 0.717) is 37.6 Å². The number of carbonyl (C=O) groups is 2. The molecule has 0 aliphatic carbocycles. The Labute approximate surface area is 183 Å². The SMILES string of the molecule is C=C(CCNC(=O)COc1ccc(Cl)c(F)c1)NC(=O)c1cnc(C2=CCOCC2)o1. The molecular formula is C21H21ClFN3O5. The summed E-state index contributed by atoms with van der Waals surface area (Å²) in [4.78, 5) is 28.2.